The Kier molecular flexibility index (Phi) is 7.24. The fourth-order valence-corrected chi connectivity index (χ4v) is 13.3. The molecule has 0 aromatic heterocycles. The number of nitrogens with zero attached hydrogens (tertiary/aromatic N) is 1. The van der Waals surface area contributed by atoms with E-state index in [1.807, 2.05) is 6.08 Å². The third-order valence-corrected chi connectivity index (χ3v) is 15.5. The SMILES string of the molecule is C=Cc1ccc2c(c1)C(C)(C)c1cc(N(c3ccccc3)c3ccc4ccccc4c3-c3ccc4c(c3)C3(c5cc(C=C)ccc5-4)C4CC5CC(C4)CC3C5)ccc1-2. The molecule has 0 amide bonds. The molecule has 0 radical (unpaired) electrons. The van der Waals surface area contributed by atoms with E-state index in [1.54, 1.807) is 11.1 Å². The molecule has 58 heavy (non-hydrogen) atoms. The number of hydrogen-bond acceptors (Lipinski definition) is 1. The lowest BCUT2D eigenvalue weighted by Gasteiger charge is -2.61. The molecule has 7 aromatic rings. The Morgan fingerprint density at radius 3 is 1.78 bits per heavy atom. The van der Waals surface area contributed by atoms with Crippen LogP contribution in [0.5, 0.6) is 0 Å². The molecule has 0 atom stereocenters. The van der Waals surface area contributed by atoms with Crippen LogP contribution in [0.25, 0.3) is 56.3 Å². The van der Waals surface area contributed by atoms with Crippen molar-refractivity contribution in [2.45, 2.75) is 56.8 Å². The molecule has 4 saturated carbocycles. The number of fused-ring (bicyclic) bond motifs is 7. The lowest BCUT2D eigenvalue weighted by Crippen LogP contribution is -2.55. The predicted molar refractivity (Wildman–Crippen MR) is 245 cm³/mol. The first kappa shape index (κ1) is 34.1. The van der Waals surface area contributed by atoms with Crippen LogP contribution in [0.4, 0.5) is 17.1 Å². The van der Waals surface area contributed by atoms with Gasteiger partial charge in [-0.15, -0.1) is 0 Å². The van der Waals surface area contributed by atoms with Gasteiger partial charge in [0, 0.05) is 27.8 Å². The van der Waals surface area contributed by atoms with Crippen molar-refractivity contribution in [3.8, 4) is 33.4 Å². The molecule has 1 heteroatoms. The fourth-order valence-electron chi connectivity index (χ4n) is 13.3. The first-order valence-electron chi connectivity index (χ1n) is 21.6. The zero-order valence-electron chi connectivity index (χ0n) is 33.6. The summed E-state index contributed by atoms with van der Waals surface area (Å²) in [4.78, 5) is 2.52. The first-order valence-corrected chi connectivity index (χ1v) is 21.6. The van der Waals surface area contributed by atoms with Crippen molar-refractivity contribution in [3.63, 3.8) is 0 Å². The Morgan fingerprint density at radius 2 is 1.09 bits per heavy atom. The lowest BCUT2D eigenvalue weighted by atomic mass is 9.43. The molecule has 1 nitrogen and oxygen atoms in total. The molecule has 4 bridgehead atoms. The zero-order valence-corrected chi connectivity index (χ0v) is 33.6. The van der Waals surface area contributed by atoms with Crippen LogP contribution < -0.4 is 4.90 Å². The summed E-state index contributed by atoms with van der Waals surface area (Å²) in [5.41, 5.74) is 19.9. The van der Waals surface area contributed by atoms with Crippen molar-refractivity contribution in [2.24, 2.45) is 23.7 Å². The molecule has 0 saturated heterocycles. The number of hydrogen-bond donors (Lipinski definition) is 0. The van der Waals surface area contributed by atoms with Crippen molar-refractivity contribution in [2.75, 3.05) is 4.90 Å². The summed E-state index contributed by atoms with van der Waals surface area (Å²) in [7, 11) is 0. The second-order valence-corrected chi connectivity index (χ2v) is 18.7. The van der Waals surface area contributed by atoms with Crippen molar-refractivity contribution < 1.29 is 0 Å². The predicted octanol–water partition coefficient (Wildman–Crippen LogP) is 15.3. The number of anilines is 3. The molecule has 6 aliphatic carbocycles. The molecule has 0 unspecified atom stereocenters. The van der Waals surface area contributed by atoms with E-state index in [-0.39, 0.29) is 10.8 Å². The Labute approximate surface area is 343 Å². The topological polar surface area (TPSA) is 3.24 Å². The Morgan fingerprint density at radius 1 is 0.517 bits per heavy atom. The summed E-state index contributed by atoms with van der Waals surface area (Å²) in [6, 6.07) is 53.5. The number of rotatable bonds is 6. The van der Waals surface area contributed by atoms with Gasteiger partial charge in [-0.05, 0) is 164 Å². The second kappa shape index (κ2) is 12.3. The molecule has 1 spiro atoms. The minimum Gasteiger partial charge on any atom is -0.310 e. The van der Waals surface area contributed by atoms with Gasteiger partial charge in [0.15, 0.2) is 0 Å². The highest BCUT2D eigenvalue weighted by atomic mass is 15.1. The number of para-hydroxylation sites is 1. The molecule has 7 aromatic carbocycles. The molecule has 0 aliphatic heterocycles. The summed E-state index contributed by atoms with van der Waals surface area (Å²) in [5, 5.41) is 2.55. The van der Waals surface area contributed by atoms with Crippen LogP contribution in [0.2, 0.25) is 0 Å². The van der Waals surface area contributed by atoms with Gasteiger partial charge in [0.1, 0.15) is 0 Å². The molecule has 282 valence electrons. The summed E-state index contributed by atoms with van der Waals surface area (Å²) in [6.45, 7) is 13.1. The first-order chi connectivity index (χ1) is 28.4. The zero-order chi connectivity index (χ0) is 38.9. The van der Waals surface area contributed by atoms with E-state index in [9.17, 15) is 0 Å². The standard InChI is InChI=1S/C57H49N/c1-5-35-16-21-46-47-24-20-44(34-51(47)56(3,4)50(46)31-35)58(43-13-8-7-9-14-43)54-25-19-39-12-10-11-15-45(39)55(54)40-18-23-49-48-22-17-36(6-2)32-52(48)57(53(49)33-40)41-27-37-26-38(29-41)30-42(57)28-37/h5-25,31-34,37-38,41-42H,1-2,26-30H2,3-4H3. The highest BCUT2D eigenvalue weighted by Gasteiger charge is 2.61. The van der Waals surface area contributed by atoms with E-state index in [0.29, 0.717) is 11.8 Å². The maximum absolute atomic E-state index is 4.23. The Hall–Kier alpha value is -5.92. The summed E-state index contributed by atoms with van der Waals surface area (Å²) < 4.78 is 0. The van der Waals surface area contributed by atoms with Crippen molar-refractivity contribution >= 4 is 40.0 Å². The monoisotopic (exact) mass is 747 g/mol. The minimum atomic E-state index is -0.151. The van der Waals surface area contributed by atoms with Gasteiger partial charge in [-0.2, -0.15) is 0 Å². The maximum Gasteiger partial charge on any atom is 0.0546 e. The molecule has 0 N–H and O–H groups in total. The highest BCUT2D eigenvalue weighted by Crippen LogP contribution is 2.70. The van der Waals surface area contributed by atoms with Gasteiger partial charge in [-0.25, -0.2) is 0 Å². The van der Waals surface area contributed by atoms with Gasteiger partial charge >= 0.3 is 0 Å². The van der Waals surface area contributed by atoms with Crippen LogP contribution in [0.3, 0.4) is 0 Å². The molecule has 13 rings (SSSR count). The van der Waals surface area contributed by atoms with Crippen molar-refractivity contribution in [1.29, 1.82) is 0 Å². The normalized spacial score (nSPS) is 23.7. The van der Waals surface area contributed by atoms with Crippen LogP contribution in [0.1, 0.15) is 79.3 Å². The van der Waals surface area contributed by atoms with E-state index in [1.165, 1.54) is 110 Å². The van der Waals surface area contributed by atoms with E-state index in [0.717, 1.165) is 17.5 Å². The van der Waals surface area contributed by atoms with E-state index in [2.05, 4.69) is 178 Å². The van der Waals surface area contributed by atoms with E-state index in [4.69, 9.17) is 0 Å². The quantitative estimate of drug-likeness (QED) is 0.164. The second-order valence-electron chi connectivity index (χ2n) is 18.7. The van der Waals surface area contributed by atoms with Crippen LogP contribution in [-0.4, -0.2) is 0 Å². The fraction of sp³-hybridized carbons (Fsp3) is 0.228. The molecule has 4 fully saturated rings. The Bertz CT molecular complexity index is 2840. The van der Waals surface area contributed by atoms with Gasteiger partial charge in [-0.1, -0.05) is 142 Å². The van der Waals surface area contributed by atoms with E-state index < -0.39 is 0 Å². The molecule has 0 heterocycles. The van der Waals surface area contributed by atoms with Crippen LogP contribution in [0.15, 0.2) is 153 Å². The van der Waals surface area contributed by atoms with Crippen LogP contribution in [0, 0.1) is 23.7 Å². The van der Waals surface area contributed by atoms with Crippen molar-refractivity contribution in [3.05, 3.63) is 186 Å². The van der Waals surface area contributed by atoms with Gasteiger partial charge in [0.2, 0.25) is 0 Å². The van der Waals surface area contributed by atoms with E-state index >= 15 is 0 Å². The third-order valence-electron chi connectivity index (χ3n) is 15.5. The molecular weight excluding hydrogens is 699 g/mol. The van der Waals surface area contributed by atoms with Gasteiger partial charge < -0.3 is 4.90 Å². The van der Waals surface area contributed by atoms with Crippen molar-refractivity contribution in [1.82, 2.24) is 0 Å². The highest BCUT2D eigenvalue weighted by molar-refractivity contribution is 6.06. The number of benzene rings is 7. The van der Waals surface area contributed by atoms with Gasteiger partial charge in [0.25, 0.3) is 0 Å². The Balaban J connectivity index is 1.09. The van der Waals surface area contributed by atoms with Crippen LogP contribution >= 0.6 is 0 Å². The maximum atomic E-state index is 4.23. The third kappa shape index (κ3) is 4.59. The smallest absolute Gasteiger partial charge is 0.0546 e. The van der Waals surface area contributed by atoms with Gasteiger partial charge in [0.05, 0.1) is 5.69 Å². The average molecular weight is 748 g/mol. The van der Waals surface area contributed by atoms with Crippen LogP contribution in [-0.2, 0) is 10.8 Å². The summed E-state index contributed by atoms with van der Waals surface area (Å²) in [5.74, 6) is 3.16. The summed E-state index contributed by atoms with van der Waals surface area (Å²) >= 11 is 0. The molecule has 6 aliphatic rings. The summed E-state index contributed by atoms with van der Waals surface area (Å²) in [6.07, 6.45) is 10.9. The lowest BCUT2D eigenvalue weighted by molar-refractivity contribution is -0.0399. The average Bonchev–Trinajstić information content (AvgIpc) is 3.66. The molecular formula is C57H49N. The largest absolute Gasteiger partial charge is 0.310 e. The van der Waals surface area contributed by atoms with Gasteiger partial charge in [-0.3, -0.25) is 0 Å². The minimum absolute atomic E-state index is 0.0585.